The molecule has 1 unspecified atom stereocenters. The largest absolute Gasteiger partial charge is 0.458 e. The van der Waals surface area contributed by atoms with Crippen LogP contribution in [0.5, 0.6) is 0 Å². The Morgan fingerprint density at radius 2 is 1.94 bits per heavy atom. The van der Waals surface area contributed by atoms with Gasteiger partial charge in [-0.3, -0.25) is 4.79 Å². The third-order valence-electron chi connectivity index (χ3n) is 2.24. The van der Waals surface area contributed by atoms with E-state index in [0.717, 1.165) is 5.56 Å². The molecule has 0 aromatic heterocycles. The van der Waals surface area contributed by atoms with E-state index in [-0.39, 0.29) is 0 Å². The summed E-state index contributed by atoms with van der Waals surface area (Å²) in [5.41, 5.74) is 0.416. The molecule has 0 fully saturated rings. The summed E-state index contributed by atoms with van der Waals surface area (Å²) in [4.78, 5) is 22.5. The van der Waals surface area contributed by atoms with Crippen molar-refractivity contribution < 1.29 is 14.3 Å². The number of esters is 1. The third-order valence-corrected chi connectivity index (χ3v) is 2.24. The summed E-state index contributed by atoms with van der Waals surface area (Å²) in [7, 11) is 0. The molecule has 1 atom stereocenters. The van der Waals surface area contributed by atoms with Crippen LogP contribution in [-0.4, -0.2) is 24.0 Å². The van der Waals surface area contributed by atoms with E-state index in [9.17, 15) is 9.59 Å². The van der Waals surface area contributed by atoms with Gasteiger partial charge in [-0.05, 0) is 26.3 Å². The molecule has 1 N–H and O–H groups in total. The maximum Gasteiger partial charge on any atom is 0.329 e. The molecule has 1 amide bonds. The van der Waals surface area contributed by atoms with Crippen molar-refractivity contribution in [1.29, 1.82) is 0 Å². The summed E-state index contributed by atoms with van der Waals surface area (Å²) in [5, 5.41) is 2.50. The van der Waals surface area contributed by atoms with E-state index in [1.807, 2.05) is 30.3 Å². The number of rotatable bonds is 5. The Morgan fingerprint density at radius 1 is 1.33 bits per heavy atom. The second-order valence-corrected chi connectivity index (χ2v) is 5.06. The SMILES string of the molecule is CC(C)(C)OC(=O)C(Cc1ccccc1)NC=O. The van der Waals surface area contributed by atoms with Gasteiger partial charge in [-0.15, -0.1) is 0 Å². The minimum Gasteiger partial charge on any atom is -0.458 e. The Morgan fingerprint density at radius 3 is 2.44 bits per heavy atom. The topological polar surface area (TPSA) is 55.4 Å². The molecule has 0 bridgehead atoms. The summed E-state index contributed by atoms with van der Waals surface area (Å²) in [6.45, 7) is 5.39. The number of carbonyl (C=O) groups is 2. The van der Waals surface area contributed by atoms with Crippen LogP contribution >= 0.6 is 0 Å². The predicted octanol–water partition coefficient (Wildman–Crippen LogP) is 1.69. The van der Waals surface area contributed by atoms with Gasteiger partial charge < -0.3 is 10.1 Å². The van der Waals surface area contributed by atoms with Crippen LogP contribution in [0.2, 0.25) is 0 Å². The van der Waals surface area contributed by atoms with Gasteiger partial charge in [-0.1, -0.05) is 30.3 Å². The van der Waals surface area contributed by atoms with Crippen LogP contribution in [0.4, 0.5) is 0 Å². The van der Waals surface area contributed by atoms with Crippen molar-refractivity contribution in [2.24, 2.45) is 0 Å². The van der Waals surface area contributed by atoms with Crippen molar-refractivity contribution in [3.05, 3.63) is 35.9 Å². The molecule has 0 spiro atoms. The highest BCUT2D eigenvalue weighted by Crippen LogP contribution is 2.11. The van der Waals surface area contributed by atoms with E-state index >= 15 is 0 Å². The molecule has 0 aliphatic carbocycles. The van der Waals surface area contributed by atoms with E-state index < -0.39 is 17.6 Å². The zero-order chi connectivity index (χ0) is 13.6. The fourth-order valence-electron chi connectivity index (χ4n) is 1.52. The van der Waals surface area contributed by atoms with Gasteiger partial charge in [0.05, 0.1) is 0 Å². The average molecular weight is 249 g/mol. The number of amides is 1. The summed E-state index contributed by atoms with van der Waals surface area (Å²) in [6.07, 6.45) is 0.950. The lowest BCUT2D eigenvalue weighted by molar-refractivity contribution is -0.158. The highest BCUT2D eigenvalue weighted by Gasteiger charge is 2.24. The predicted molar refractivity (Wildman–Crippen MR) is 69.0 cm³/mol. The fraction of sp³-hybridized carbons (Fsp3) is 0.429. The van der Waals surface area contributed by atoms with E-state index in [4.69, 9.17) is 4.74 Å². The molecule has 4 heteroatoms. The summed E-state index contributed by atoms with van der Waals surface area (Å²) < 4.78 is 5.26. The number of nitrogens with one attached hydrogen (secondary N) is 1. The average Bonchev–Trinajstić information content (AvgIpc) is 2.27. The Hall–Kier alpha value is -1.84. The molecule has 0 radical (unpaired) electrons. The molecule has 0 aliphatic rings. The first kappa shape index (κ1) is 14.2. The Labute approximate surface area is 107 Å². The lowest BCUT2D eigenvalue weighted by atomic mass is 10.1. The van der Waals surface area contributed by atoms with Crippen LogP contribution < -0.4 is 5.32 Å². The van der Waals surface area contributed by atoms with E-state index in [1.54, 1.807) is 20.8 Å². The molecule has 1 aromatic carbocycles. The molecule has 4 nitrogen and oxygen atoms in total. The second kappa shape index (κ2) is 6.19. The standard InChI is InChI=1S/C14H19NO3/c1-14(2,3)18-13(17)12(15-10-16)9-11-7-5-4-6-8-11/h4-8,10,12H,9H2,1-3H3,(H,15,16). The second-order valence-electron chi connectivity index (χ2n) is 5.06. The lowest BCUT2D eigenvalue weighted by Gasteiger charge is -2.23. The fourth-order valence-corrected chi connectivity index (χ4v) is 1.52. The third kappa shape index (κ3) is 4.99. The zero-order valence-electron chi connectivity index (χ0n) is 11.0. The van der Waals surface area contributed by atoms with Crippen molar-refractivity contribution in [2.45, 2.75) is 38.8 Å². The lowest BCUT2D eigenvalue weighted by Crippen LogP contribution is -2.42. The first-order valence-corrected chi connectivity index (χ1v) is 5.89. The van der Waals surface area contributed by atoms with Crippen molar-refractivity contribution in [2.75, 3.05) is 0 Å². The molecule has 0 saturated heterocycles. The molecule has 0 aliphatic heterocycles. The van der Waals surface area contributed by atoms with Crippen LogP contribution in [0.15, 0.2) is 30.3 Å². The highest BCUT2D eigenvalue weighted by molar-refractivity contribution is 5.79. The van der Waals surface area contributed by atoms with Crippen LogP contribution in [0.1, 0.15) is 26.3 Å². The van der Waals surface area contributed by atoms with Gasteiger partial charge in [0.2, 0.25) is 6.41 Å². The first-order valence-electron chi connectivity index (χ1n) is 5.89. The van der Waals surface area contributed by atoms with Gasteiger partial charge in [-0.2, -0.15) is 0 Å². The molecule has 0 heterocycles. The molecule has 1 rings (SSSR count). The molecule has 0 saturated carbocycles. The Kier molecular flexibility index (Phi) is 4.89. The van der Waals surface area contributed by atoms with Gasteiger partial charge >= 0.3 is 5.97 Å². The smallest absolute Gasteiger partial charge is 0.329 e. The Bertz CT molecular complexity index is 395. The normalized spacial score (nSPS) is 12.6. The minimum atomic E-state index is -0.649. The van der Waals surface area contributed by atoms with Gasteiger partial charge in [0.15, 0.2) is 0 Å². The maximum atomic E-state index is 11.9. The van der Waals surface area contributed by atoms with Gasteiger partial charge in [-0.25, -0.2) is 4.79 Å². The number of hydrogen-bond donors (Lipinski definition) is 1. The summed E-state index contributed by atoms with van der Waals surface area (Å²) in [6, 6.07) is 8.85. The minimum absolute atomic E-state index is 0.418. The van der Waals surface area contributed by atoms with Crippen molar-refractivity contribution in [3.8, 4) is 0 Å². The monoisotopic (exact) mass is 249 g/mol. The van der Waals surface area contributed by atoms with E-state index in [0.29, 0.717) is 12.8 Å². The maximum absolute atomic E-state index is 11.9. The number of ether oxygens (including phenoxy) is 1. The molecule has 18 heavy (non-hydrogen) atoms. The summed E-state index contributed by atoms with van der Waals surface area (Å²) in [5.74, 6) is -0.418. The van der Waals surface area contributed by atoms with Gasteiger partial charge in [0.1, 0.15) is 11.6 Å². The Balaban J connectivity index is 2.71. The van der Waals surface area contributed by atoms with E-state index in [1.165, 1.54) is 0 Å². The summed E-state index contributed by atoms with van der Waals surface area (Å²) >= 11 is 0. The van der Waals surface area contributed by atoms with Crippen LogP contribution in [-0.2, 0) is 20.7 Å². The molecular weight excluding hydrogens is 230 g/mol. The molecule has 98 valence electrons. The van der Waals surface area contributed by atoms with Gasteiger partial charge in [0, 0.05) is 6.42 Å². The van der Waals surface area contributed by atoms with Crippen LogP contribution in [0, 0.1) is 0 Å². The van der Waals surface area contributed by atoms with Gasteiger partial charge in [0.25, 0.3) is 0 Å². The number of carbonyl (C=O) groups excluding carboxylic acids is 2. The van der Waals surface area contributed by atoms with Crippen LogP contribution in [0.25, 0.3) is 0 Å². The van der Waals surface area contributed by atoms with Crippen LogP contribution in [0.3, 0.4) is 0 Å². The number of benzene rings is 1. The first-order chi connectivity index (χ1) is 8.42. The van der Waals surface area contributed by atoms with Crippen molar-refractivity contribution in [3.63, 3.8) is 0 Å². The van der Waals surface area contributed by atoms with E-state index in [2.05, 4.69) is 5.32 Å². The molecular formula is C14H19NO3. The highest BCUT2D eigenvalue weighted by atomic mass is 16.6. The van der Waals surface area contributed by atoms with Crippen molar-refractivity contribution in [1.82, 2.24) is 5.32 Å². The molecule has 1 aromatic rings. The van der Waals surface area contributed by atoms with Crippen molar-refractivity contribution >= 4 is 12.4 Å². The zero-order valence-corrected chi connectivity index (χ0v) is 11.0. The quantitative estimate of drug-likeness (QED) is 0.638. The number of hydrogen-bond acceptors (Lipinski definition) is 3.